The van der Waals surface area contributed by atoms with Crippen LogP contribution in [0.1, 0.15) is 5.69 Å². The molecule has 0 aliphatic heterocycles. The van der Waals surface area contributed by atoms with Gasteiger partial charge in [-0.2, -0.15) is 26.3 Å². The van der Waals surface area contributed by atoms with E-state index in [2.05, 4.69) is 4.98 Å². The Morgan fingerprint density at radius 3 is 2.20 bits per heavy atom. The van der Waals surface area contributed by atoms with Crippen LogP contribution in [0.25, 0.3) is 0 Å². The number of rotatable bonds is 1. The molecule has 0 saturated heterocycles. The van der Waals surface area contributed by atoms with E-state index in [1.165, 1.54) is 4.98 Å². The van der Waals surface area contributed by atoms with E-state index in [4.69, 9.17) is 0 Å². The highest BCUT2D eigenvalue weighted by Crippen LogP contribution is 2.43. The van der Waals surface area contributed by atoms with Crippen LogP contribution in [-0.4, -0.2) is 16.1 Å². The van der Waals surface area contributed by atoms with Gasteiger partial charge < -0.3 is 4.98 Å². The lowest BCUT2D eigenvalue weighted by Crippen LogP contribution is -2.37. The minimum atomic E-state index is -6.01. The number of aromatic nitrogens is 2. The summed E-state index contributed by atoms with van der Waals surface area (Å²) in [7, 11) is 0. The largest absolute Gasteiger partial charge is 0.459 e. The van der Waals surface area contributed by atoms with Crippen molar-refractivity contribution in [1.29, 1.82) is 0 Å². The van der Waals surface area contributed by atoms with E-state index < -0.39 is 29.2 Å². The standard InChI is InChI=1S/C6H2F6N2O/c7-2-3(13-1-14-4(2)15)5(8,9)6(10,11)12/h1H,(H,13,14,15). The molecule has 1 aromatic rings. The van der Waals surface area contributed by atoms with Crippen molar-refractivity contribution in [3.8, 4) is 0 Å². The predicted octanol–water partition coefficient (Wildman–Crippen LogP) is 1.56. The molecule has 0 saturated carbocycles. The first-order valence-electron chi connectivity index (χ1n) is 3.36. The zero-order chi connectivity index (χ0) is 11.9. The topological polar surface area (TPSA) is 45.8 Å². The van der Waals surface area contributed by atoms with Gasteiger partial charge in [-0.05, 0) is 0 Å². The molecular weight excluding hydrogens is 230 g/mol. The zero-order valence-corrected chi connectivity index (χ0v) is 6.70. The Morgan fingerprint density at radius 2 is 1.73 bits per heavy atom. The number of hydrogen-bond donors (Lipinski definition) is 1. The number of aromatic amines is 1. The van der Waals surface area contributed by atoms with Gasteiger partial charge >= 0.3 is 12.1 Å². The van der Waals surface area contributed by atoms with E-state index in [0.717, 1.165) is 0 Å². The summed E-state index contributed by atoms with van der Waals surface area (Å²) in [6.45, 7) is 0. The fraction of sp³-hybridized carbons (Fsp3) is 0.333. The molecule has 1 heterocycles. The van der Waals surface area contributed by atoms with Crippen molar-refractivity contribution in [3.63, 3.8) is 0 Å². The molecule has 0 aliphatic rings. The van der Waals surface area contributed by atoms with E-state index in [1.807, 2.05) is 0 Å². The molecule has 0 unspecified atom stereocenters. The maximum Gasteiger partial charge on any atom is 0.459 e. The Kier molecular flexibility index (Phi) is 2.49. The molecule has 9 heteroatoms. The minimum Gasteiger partial charge on any atom is -0.311 e. The Hall–Kier alpha value is -1.54. The Labute approximate surface area is 77.8 Å². The van der Waals surface area contributed by atoms with Gasteiger partial charge in [-0.3, -0.25) is 4.79 Å². The first-order chi connectivity index (χ1) is 6.68. The van der Waals surface area contributed by atoms with Crippen LogP contribution in [-0.2, 0) is 5.92 Å². The van der Waals surface area contributed by atoms with Gasteiger partial charge in [0, 0.05) is 0 Å². The number of nitrogens with one attached hydrogen (secondary N) is 1. The Balaban J connectivity index is 3.40. The lowest BCUT2D eigenvalue weighted by Gasteiger charge is -2.18. The smallest absolute Gasteiger partial charge is 0.311 e. The monoisotopic (exact) mass is 232 g/mol. The van der Waals surface area contributed by atoms with Gasteiger partial charge in [0.25, 0.3) is 5.56 Å². The van der Waals surface area contributed by atoms with Crippen LogP contribution in [0, 0.1) is 5.82 Å². The van der Waals surface area contributed by atoms with Crippen LogP contribution in [0.4, 0.5) is 26.3 Å². The van der Waals surface area contributed by atoms with Gasteiger partial charge in [0.15, 0.2) is 5.69 Å². The third-order valence-electron chi connectivity index (χ3n) is 1.45. The summed E-state index contributed by atoms with van der Waals surface area (Å²) in [6.07, 6.45) is -5.74. The molecule has 0 amide bonds. The molecule has 0 atom stereocenters. The summed E-state index contributed by atoms with van der Waals surface area (Å²) in [4.78, 5) is 14.4. The van der Waals surface area contributed by atoms with Crippen molar-refractivity contribution >= 4 is 0 Å². The highest BCUT2D eigenvalue weighted by Gasteiger charge is 2.61. The van der Waals surface area contributed by atoms with E-state index >= 15 is 0 Å². The van der Waals surface area contributed by atoms with Gasteiger partial charge in [0.2, 0.25) is 5.82 Å². The third kappa shape index (κ3) is 1.81. The van der Waals surface area contributed by atoms with Crippen molar-refractivity contribution in [2.75, 3.05) is 0 Å². The molecule has 1 aromatic heterocycles. The van der Waals surface area contributed by atoms with Gasteiger partial charge in [-0.25, -0.2) is 4.98 Å². The van der Waals surface area contributed by atoms with Crippen LogP contribution in [0.15, 0.2) is 11.1 Å². The van der Waals surface area contributed by atoms with Crippen LogP contribution in [0.3, 0.4) is 0 Å². The van der Waals surface area contributed by atoms with Crippen molar-refractivity contribution in [3.05, 3.63) is 28.2 Å². The second kappa shape index (κ2) is 3.24. The number of hydrogen-bond acceptors (Lipinski definition) is 2. The van der Waals surface area contributed by atoms with E-state index in [1.54, 1.807) is 0 Å². The fourth-order valence-corrected chi connectivity index (χ4v) is 0.736. The SMILES string of the molecule is O=c1[nH]cnc(C(F)(F)C(F)(F)F)c1F. The average Bonchev–Trinajstić information content (AvgIpc) is 2.07. The molecule has 0 bridgehead atoms. The normalized spacial score (nSPS) is 12.9. The quantitative estimate of drug-likeness (QED) is 0.747. The second-order valence-corrected chi connectivity index (χ2v) is 2.47. The van der Waals surface area contributed by atoms with Gasteiger partial charge in [-0.15, -0.1) is 0 Å². The highest BCUT2D eigenvalue weighted by molar-refractivity contribution is 5.11. The third-order valence-corrected chi connectivity index (χ3v) is 1.45. The number of alkyl halides is 5. The lowest BCUT2D eigenvalue weighted by molar-refractivity contribution is -0.292. The van der Waals surface area contributed by atoms with Crippen molar-refractivity contribution in [1.82, 2.24) is 9.97 Å². The Morgan fingerprint density at radius 1 is 1.20 bits per heavy atom. The number of halogens is 6. The molecule has 3 nitrogen and oxygen atoms in total. The van der Waals surface area contributed by atoms with Crippen LogP contribution >= 0.6 is 0 Å². The molecular formula is C6H2F6N2O. The summed E-state index contributed by atoms with van der Waals surface area (Å²) in [5.41, 5.74) is -3.93. The first kappa shape index (κ1) is 11.5. The summed E-state index contributed by atoms with van der Waals surface area (Å²) in [6, 6.07) is 0. The van der Waals surface area contributed by atoms with Gasteiger partial charge in [-0.1, -0.05) is 0 Å². The summed E-state index contributed by atoms with van der Waals surface area (Å²) < 4.78 is 73.0. The zero-order valence-electron chi connectivity index (χ0n) is 6.70. The first-order valence-corrected chi connectivity index (χ1v) is 3.36. The summed E-state index contributed by atoms with van der Waals surface area (Å²) in [5.74, 6) is -7.74. The molecule has 1 rings (SSSR count). The maximum absolute atomic E-state index is 12.6. The van der Waals surface area contributed by atoms with Gasteiger partial charge in [0.05, 0.1) is 6.33 Å². The number of nitrogens with zero attached hydrogens (tertiary/aromatic N) is 1. The van der Waals surface area contributed by atoms with Crippen LogP contribution < -0.4 is 5.56 Å². The van der Waals surface area contributed by atoms with Gasteiger partial charge in [0.1, 0.15) is 0 Å². The minimum absolute atomic E-state index is 0.264. The predicted molar refractivity (Wildman–Crippen MR) is 34.8 cm³/mol. The molecule has 1 N–H and O–H groups in total. The molecule has 0 aromatic carbocycles. The molecule has 84 valence electrons. The van der Waals surface area contributed by atoms with Crippen molar-refractivity contribution in [2.45, 2.75) is 12.1 Å². The summed E-state index contributed by atoms with van der Waals surface area (Å²) >= 11 is 0. The lowest BCUT2D eigenvalue weighted by atomic mass is 10.2. The maximum atomic E-state index is 12.6. The summed E-state index contributed by atoms with van der Waals surface area (Å²) in [5, 5.41) is 0. The fourth-order valence-electron chi connectivity index (χ4n) is 0.736. The van der Waals surface area contributed by atoms with Crippen LogP contribution in [0.2, 0.25) is 0 Å². The molecule has 0 spiro atoms. The molecule has 15 heavy (non-hydrogen) atoms. The molecule has 0 radical (unpaired) electrons. The van der Waals surface area contributed by atoms with E-state index in [0.29, 0.717) is 0 Å². The average molecular weight is 232 g/mol. The molecule has 0 fully saturated rings. The van der Waals surface area contributed by atoms with Crippen molar-refractivity contribution in [2.24, 2.45) is 0 Å². The second-order valence-electron chi connectivity index (χ2n) is 2.47. The number of H-pyrrole nitrogens is 1. The highest BCUT2D eigenvalue weighted by atomic mass is 19.4. The van der Waals surface area contributed by atoms with Crippen LogP contribution in [0.5, 0.6) is 0 Å². The van der Waals surface area contributed by atoms with Crippen molar-refractivity contribution < 1.29 is 26.3 Å². The molecule has 0 aliphatic carbocycles. The van der Waals surface area contributed by atoms with E-state index in [9.17, 15) is 31.1 Å². The Bertz CT molecular complexity index is 422. The van der Waals surface area contributed by atoms with E-state index in [-0.39, 0.29) is 6.33 Å².